The number of carbonyl (C=O) groups is 10. The number of para-hydroxylation sites is 1. The summed E-state index contributed by atoms with van der Waals surface area (Å²) in [6.07, 6.45) is 7.48. The number of nitrogens with one attached hydrogen (secondary N) is 9. The van der Waals surface area contributed by atoms with E-state index in [0.717, 1.165) is 38.2 Å². The van der Waals surface area contributed by atoms with E-state index >= 15 is 4.79 Å². The molecule has 35 heteroatoms. The van der Waals surface area contributed by atoms with Gasteiger partial charge >= 0.3 is 0 Å². The fourth-order valence-corrected chi connectivity index (χ4v) is 22.4. The SMILES string of the molecule is CC[C@]1(O)C[C@H]2CN(CCc3c([nH]c4ccccc34)[C@@](COC=O)(c3cc4c(cc3OC)N(C)[C@H]3[C@](O)(C(=O)N/N=C(/C)c5ccc(N6C(=O)CC(SCCCC(=O)[C@H](C)NC(=O)[C@H](C)CC(=O)[C@H](CCCNC(=N)N)NC(=O)[C@H](C)CC(=O)CCCNC(=O)c7ccc(NCc8cnc9nc(C)[nH]c(=O)c9n8)cc7)C6=O)cc5)[C@H](O)[C@]5(CC)C=CCN6CC[C@]43[C@@H]65)C2)C1. The number of imide groups is 1. The summed E-state index contributed by atoms with van der Waals surface area (Å²) in [6, 6.07) is 22.0. The van der Waals surface area contributed by atoms with E-state index in [1.165, 1.54) is 31.8 Å². The lowest BCUT2D eigenvalue weighted by Gasteiger charge is -2.63. The number of hydrazone groups is 1. The number of likely N-dealkylation sites (N-methyl/N-ethyl adjacent to an activating group) is 1. The number of benzene rings is 4. The van der Waals surface area contributed by atoms with Gasteiger partial charge in [0.15, 0.2) is 34.3 Å². The fourth-order valence-electron chi connectivity index (χ4n) is 21.3. The van der Waals surface area contributed by atoms with Crippen LogP contribution < -0.4 is 57.8 Å². The average molecular weight is 1790 g/mol. The highest BCUT2D eigenvalue weighted by Gasteiger charge is 2.79. The van der Waals surface area contributed by atoms with Gasteiger partial charge in [0.25, 0.3) is 23.8 Å². The van der Waals surface area contributed by atoms with E-state index in [0.29, 0.717) is 154 Å². The molecule has 0 radical (unpaired) electrons. The number of H-pyrrole nitrogens is 2. The summed E-state index contributed by atoms with van der Waals surface area (Å²) in [5.41, 5.74) is 9.31. The highest BCUT2D eigenvalue weighted by Crippen LogP contribution is 2.68. The number of piperidine rings is 1. The lowest BCUT2D eigenvalue weighted by molar-refractivity contribution is -0.203. The van der Waals surface area contributed by atoms with Crippen LogP contribution in [0.5, 0.6) is 5.75 Å². The Labute approximate surface area is 752 Å². The number of nitrogens with zero attached hydrogens (tertiary/aromatic N) is 8. The van der Waals surface area contributed by atoms with Crippen molar-refractivity contribution in [2.24, 2.45) is 34.0 Å². The zero-order valence-electron chi connectivity index (χ0n) is 74.5. The Balaban J connectivity index is 0.561. The lowest BCUT2D eigenvalue weighted by Crippen LogP contribution is -2.81. The first kappa shape index (κ1) is 93.5. The fraction of sp³-hybridized carbons (Fsp3) is 0.511. The molecule has 4 aromatic carbocycles. The molecular formula is C94H118N18O16S. The number of hydrogen-bond donors (Lipinski definition) is 13. The van der Waals surface area contributed by atoms with Gasteiger partial charge in [-0.15, -0.1) is 11.8 Å². The Morgan fingerprint density at radius 3 is 2.32 bits per heavy atom. The van der Waals surface area contributed by atoms with E-state index < -0.39 is 110 Å². The third-order valence-electron chi connectivity index (χ3n) is 27.7. The Bertz CT molecular complexity index is 5610. The molecule has 2 bridgehead atoms. The van der Waals surface area contributed by atoms with Crippen LogP contribution in [0.15, 0.2) is 113 Å². The van der Waals surface area contributed by atoms with E-state index in [1.54, 1.807) is 76.4 Å². The van der Waals surface area contributed by atoms with Crippen molar-refractivity contribution >= 4 is 122 Å². The van der Waals surface area contributed by atoms with E-state index in [2.05, 4.69) is 90.0 Å². The number of guanidine groups is 1. The van der Waals surface area contributed by atoms with Crippen molar-refractivity contribution in [2.45, 2.75) is 209 Å². The number of aliphatic hydroxyl groups is 3. The maximum atomic E-state index is 15.6. The van der Waals surface area contributed by atoms with Gasteiger partial charge in [-0.2, -0.15) is 5.10 Å². The van der Waals surface area contributed by atoms with Gasteiger partial charge in [0, 0.05) is 152 Å². The first-order valence-corrected chi connectivity index (χ1v) is 45.7. The topological polar surface area (TPSA) is 485 Å². The van der Waals surface area contributed by atoms with Crippen LogP contribution in [0.1, 0.15) is 181 Å². The van der Waals surface area contributed by atoms with Crippen molar-refractivity contribution in [1.82, 2.24) is 61.4 Å². The summed E-state index contributed by atoms with van der Waals surface area (Å²) >= 11 is 1.24. The molecule has 34 nitrogen and oxygen atoms in total. The number of aliphatic hydroxyl groups excluding tert-OH is 1. The van der Waals surface area contributed by atoms with Gasteiger partial charge in [0.05, 0.1) is 71.3 Å². The molecule has 2 unspecified atom stereocenters. The summed E-state index contributed by atoms with van der Waals surface area (Å²) in [5.74, 6) is -5.16. The standard InChI is InChI=1S/C94H118N18O16S/c1-10-90(125)45-58-46-92(51-128-52-113,78-66(31-37-110(49-58)50-90)65-19-12-13-20-69(65)105-78)68-42-67-71(43-74(68)127-9)109(8)86-93(67)33-38-111-36-17-32-91(11-2,85(93)111)87(123)94(86,126)88(124)108-107-55(5)59-25-29-63(30-26-59)112-76(117)44-75(84(112)122)129-39-16-22-72(115)56(6)101-80(118)54(4)41-73(116)70(21-15-35-98-89(95)96)106-81(119)53(3)40-64(114)18-14-34-97-82(120)60-23-27-61(28-24-60)99-47-62-48-100-79-77(104-62)83(121)103-57(7)102-79/h12-13,17,19-20,23-30,32,42-43,48,52-54,56,58,70,75,85-87,99,105,123,125-126H,10-11,14-16,18,21-22,31,33-41,44-47,49-51H2,1-9H3,(H,97,120)(H,101,118)(H,106,119)(H,108,124)(H4,95,96,98)(H,100,102,103,121)/b107-55-/t53-,54-,56+,58-,70+,75?,85+,86-,87-,90+,91-,92+,93-,94-/m1/s1. The molecule has 7 aliphatic rings. The van der Waals surface area contributed by atoms with Crippen LogP contribution in [0.25, 0.3) is 22.1 Å². The molecule has 4 fully saturated rings. The molecule has 686 valence electrons. The number of nitrogens with two attached hydrogens (primary N) is 1. The minimum atomic E-state index is -2.53. The molecule has 1 spiro atoms. The average Bonchev–Trinajstić information content (AvgIpc) is 1.48. The monoisotopic (exact) mass is 1790 g/mol. The van der Waals surface area contributed by atoms with Crippen LogP contribution in [-0.4, -0.2) is 240 Å². The highest BCUT2D eigenvalue weighted by molar-refractivity contribution is 8.00. The van der Waals surface area contributed by atoms with Gasteiger partial charge in [-0.3, -0.25) is 67.9 Å². The molecule has 3 aromatic heterocycles. The molecule has 1 saturated carbocycles. The van der Waals surface area contributed by atoms with Crippen molar-refractivity contribution in [2.75, 3.05) is 87.4 Å². The molecular weight excluding hydrogens is 1670 g/mol. The predicted octanol–water partition coefficient (Wildman–Crippen LogP) is 6.10. The molecule has 129 heavy (non-hydrogen) atoms. The van der Waals surface area contributed by atoms with E-state index in [1.807, 2.05) is 56.1 Å². The Morgan fingerprint density at radius 2 is 1.58 bits per heavy atom. The smallest absolute Gasteiger partial charge is 0.293 e. The van der Waals surface area contributed by atoms with Crippen LogP contribution in [0.4, 0.5) is 17.1 Å². The van der Waals surface area contributed by atoms with Gasteiger partial charge in [-0.05, 0) is 168 Å². The van der Waals surface area contributed by atoms with Gasteiger partial charge in [-0.1, -0.05) is 70.2 Å². The van der Waals surface area contributed by atoms with Crippen LogP contribution in [0.2, 0.25) is 0 Å². The molecule has 6 aliphatic heterocycles. The van der Waals surface area contributed by atoms with Crippen molar-refractivity contribution in [1.29, 1.82) is 5.41 Å². The number of fused-ring (bicyclic) bond motifs is 7. The third-order valence-corrected chi connectivity index (χ3v) is 29.0. The van der Waals surface area contributed by atoms with Crippen LogP contribution in [-0.2, 0) is 71.7 Å². The number of aromatic nitrogens is 5. The summed E-state index contributed by atoms with van der Waals surface area (Å²) < 4.78 is 12.6. The third kappa shape index (κ3) is 18.7. The number of Topliss-reactive ketones (excluding diaryl/α,β-unsaturated/α-hetero) is 3. The molecule has 7 aromatic rings. The molecule has 14 N–H and O–H groups in total. The Morgan fingerprint density at radius 1 is 0.845 bits per heavy atom. The van der Waals surface area contributed by atoms with Crippen molar-refractivity contribution < 1.29 is 72.7 Å². The zero-order valence-corrected chi connectivity index (χ0v) is 75.3. The number of anilines is 3. The lowest BCUT2D eigenvalue weighted by atomic mass is 9.47. The largest absolute Gasteiger partial charge is 0.496 e. The van der Waals surface area contributed by atoms with Crippen molar-refractivity contribution in [3.8, 4) is 5.75 Å². The van der Waals surface area contributed by atoms with E-state index in [4.69, 9.17) is 20.6 Å². The molecule has 3 saturated heterocycles. The summed E-state index contributed by atoms with van der Waals surface area (Å²) in [5, 5.41) is 66.0. The normalized spacial score (nSPS) is 25.4. The second kappa shape index (κ2) is 39.0. The number of ether oxygens (including phenoxy) is 2. The number of aromatic amines is 2. The first-order chi connectivity index (χ1) is 61.7. The van der Waals surface area contributed by atoms with E-state index in [9.17, 15) is 63.3 Å². The highest BCUT2D eigenvalue weighted by atomic mass is 32.2. The van der Waals surface area contributed by atoms with Gasteiger partial charge in [0.1, 0.15) is 30.1 Å². The maximum Gasteiger partial charge on any atom is 0.293 e. The molecule has 6 amide bonds. The molecule has 15 atom stereocenters. The number of thioether (sulfide) groups is 1. The number of ketones is 3. The number of aryl methyl sites for hydroxylation is 1. The second-order valence-corrected chi connectivity index (χ2v) is 37.4. The van der Waals surface area contributed by atoms with Gasteiger partial charge < -0.3 is 72.0 Å². The molecule has 1 aliphatic carbocycles. The minimum Gasteiger partial charge on any atom is -0.496 e. The Hall–Kier alpha value is -11.6. The number of amides is 6. The summed E-state index contributed by atoms with van der Waals surface area (Å²) in [7, 11) is 3.45. The molecule has 9 heterocycles. The molecule has 14 rings (SSSR count). The van der Waals surface area contributed by atoms with E-state index in [-0.39, 0.29) is 111 Å². The number of methoxy groups -OCH3 is 1. The predicted molar refractivity (Wildman–Crippen MR) is 488 cm³/mol. The number of carbonyl (C=O) groups excluding carboxylic acids is 10. The quantitative estimate of drug-likeness (QED) is 0.00395. The second-order valence-electron chi connectivity index (χ2n) is 36.1. The van der Waals surface area contributed by atoms with Crippen molar-refractivity contribution in [3.05, 3.63) is 159 Å². The van der Waals surface area contributed by atoms with Crippen LogP contribution in [0, 0.1) is 35.5 Å². The van der Waals surface area contributed by atoms with Crippen LogP contribution >= 0.6 is 11.8 Å². The van der Waals surface area contributed by atoms with Crippen molar-refractivity contribution in [3.63, 3.8) is 0 Å². The summed E-state index contributed by atoms with van der Waals surface area (Å²) in [6.45, 7) is 16.1. The van der Waals surface area contributed by atoms with Gasteiger partial charge in [-0.25, -0.2) is 25.3 Å². The van der Waals surface area contributed by atoms with Gasteiger partial charge in [0.2, 0.25) is 23.6 Å². The van der Waals surface area contributed by atoms with Crippen LogP contribution in [0.3, 0.4) is 0 Å². The summed E-state index contributed by atoms with van der Waals surface area (Å²) in [4.78, 5) is 176. The maximum absolute atomic E-state index is 15.6. The Kier molecular flexibility index (Phi) is 28.2. The minimum absolute atomic E-state index is 0.0249. The number of rotatable bonds is 38. The number of hydrogen-bond acceptors (Lipinski definition) is 26. The first-order valence-electron chi connectivity index (χ1n) is 44.7. The zero-order chi connectivity index (χ0) is 92.2.